The molecule has 1 aliphatic heterocycles. The Balaban J connectivity index is 2.36. The van der Waals surface area contributed by atoms with Crippen molar-refractivity contribution in [1.29, 1.82) is 0 Å². The molecule has 0 saturated carbocycles. The molecule has 1 amide bonds. The van der Waals surface area contributed by atoms with Gasteiger partial charge < -0.3 is 10.6 Å². The first-order valence-electron chi connectivity index (χ1n) is 4.54. The molecule has 0 radical (unpaired) electrons. The molecule has 2 N–H and O–H groups in total. The molecule has 0 aromatic heterocycles. The Morgan fingerprint density at radius 1 is 1.57 bits per heavy atom. The molecule has 1 aliphatic rings. The minimum absolute atomic E-state index is 0.216. The number of hydrogen-bond donors (Lipinski definition) is 2. The van der Waals surface area contributed by atoms with Crippen molar-refractivity contribution >= 4 is 5.91 Å². The van der Waals surface area contributed by atoms with Crippen LogP contribution in [0.4, 0.5) is 13.2 Å². The number of alkyl halides is 3. The van der Waals surface area contributed by atoms with Crippen LogP contribution in [0.15, 0.2) is 0 Å². The maximum atomic E-state index is 11.8. The van der Waals surface area contributed by atoms with E-state index in [1.807, 2.05) is 12.2 Å². The summed E-state index contributed by atoms with van der Waals surface area (Å²) in [6.45, 7) is 2.37. The SMILES string of the molecule is CCC1C[C@H](NC(=O)C(F)(F)F)CN1. The highest BCUT2D eigenvalue weighted by Crippen LogP contribution is 2.16. The lowest BCUT2D eigenvalue weighted by Gasteiger charge is -2.13. The normalized spacial score (nSPS) is 27.7. The first kappa shape index (κ1) is 11.3. The zero-order chi connectivity index (χ0) is 10.8. The van der Waals surface area contributed by atoms with E-state index in [0.717, 1.165) is 6.42 Å². The van der Waals surface area contributed by atoms with E-state index in [1.165, 1.54) is 0 Å². The van der Waals surface area contributed by atoms with E-state index in [2.05, 4.69) is 5.32 Å². The molecule has 0 aromatic carbocycles. The van der Waals surface area contributed by atoms with Crippen molar-refractivity contribution in [3.63, 3.8) is 0 Å². The molecule has 2 atom stereocenters. The van der Waals surface area contributed by atoms with Gasteiger partial charge >= 0.3 is 12.1 Å². The van der Waals surface area contributed by atoms with E-state index in [9.17, 15) is 18.0 Å². The Morgan fingerprint density at radius 3 is 2.64 bits per heavy atom. The van der Waals surface area contributed by atoms with Crippen LogP contribution in [-0.4, -0.2) is 30.7 Å². The summed E-state index contributed by atoms with van der Waals surface area (Å²) in [7, 11) is 0. The van der Waals surface area contributed by atoms with Gasteiger partial charge in [0.2, 0.25) is 0 Å². The van der Waals surface area contributed by atoms with Gasteiger partial charge in [-0.25, -0.2) is 0 Å². The van der Waals surface area contributed by atoms with E-state index >= 15 is 0 Å². The minimum Gasteiger partial charge on any atom is -0.344 e. The second-order valence-electron chi connectivity index (χ2n) is 3.42. The smallest absolute Gasteiger partial charge is 0.344 e. The van der Waals surface area contributed by atoms with Crippen LogP contribution >= 0.6 is 0 Å². The maximum absolute atomic E-state index is 11.8. The maximum Gasteiger partial charge on any atom is 0.471 e. The lowest BCUT2D eigenvalue weighted by Crippen LogP contribution is -2.43. The van der Waals surface area contributed by atoms with Gasteiger partial charge in [-0.2, -0.15) is 13.2 Å². The summed E-state index contributed by atoms with van der Waals surface area (Å²) in [6.07, 6.45) is -3.35. The van der Waals surface area contributed by atoms with Gasteiger partial charge in [0.25, 0.3) is 0 Å². The number of rotatable bonds is 2. The van der Waals surface area contributed by atoms with Crippen molar-refractivity contribution in [1.82, 2.24) is 10.6 Å². The molecular formula is C8H13F3N2O. The largest absolute Gasteiger partial charge is 0.471 e. The number of halogens is 3. The Morgan fingerprint density at radius 2 is 2.21 bits per heavy atom. The molecule has 6 heteroatoms. The predicted octanol–water partition coefficient (Wildman–Crippen LogP) is 0.805. The molecular weight excluding hydrogens is 197 g/mol. The Labute approximate surface area is 80.0 Å². The van der Waals surface area contributed by atoms with Crippen LogP contribution in [0.25, 0.3) is 0 Å². The highest BCUT2D eigenvalue weighted by Gasteiger charge is 2.40. The second kappa shape index (κ2) is 4.16. The van der Waals surface area contributed by atoms with Crippen LogP contribution < -0.4 is 10.6 Å². The average molecular weight is 210 g/mol. The summed E-state index contributed by atoms with van der Waals surface area (Å²) >= 11 is 0. The molecule has 1 rings (SSSR count). The third-order valence-electron chi connectivity index (χ3n) is 2.31. The van der Waals surface area contributed by atoms with Crippen molar-refractivity contribution in [3.8, 4) is 0 Å². The lowest BCUT2D eigenvalue weighted by atomic mass is 10.1. The molecule has 0 spiro atoms. The van der Waals surface area contributed by atoms with Gasteiger partial charge in [0.1, 0.15) is 0 Å². The summed E-state index contributed by atoms with van der Waals surface area (Å²) in [6, 6.07) is -0.178. The van der Waals surface area contributed by atoms with Crippen LogP contribution in [0.2, 0.25) is 0 Å². The summed E-state index contributed by atoms with van der Waals surface area (Å²) in [4.78, 5) is 10.6. The van der Waals surface area contributed by atoms with Gasteiger partial charge in [-0.3, -0.25) is 4.79 Å². The van der Waals surface area contributed by atoms with Crippen LogP contribution in [-0.2, 0) is 4.79 Å². The van der Waals surface area contributed by atoms with Gasteiger partial charge in [-0.05, 0) is 12.8 Å². The predicted molar refractivity (Wildman–Crippen MR) is 44.7 cm³/mol. The monoisotopic (exact) mass is 210 g/mol. The van der Waals surface area contributed by atoms with Crippen LogP contribution in [0.5, 0.6) is 0 Å². The molecule has 14 heavy (non-hydrogen) atoms. The number of nitrogens with one attached hydrogen (secondary N) is 2. The highest BCUT2D eigenvalue weighted by molar-refractivity contribution is 5.82. The van der Waals surface area contributed by atoms with Gasteiger partial charge in [0.15, 0.2) is 0 Å². The van der Waals surface area contributed by atoms with E-state index in [0.29, 0.717) is 13.0 Å². The van der Waals surface area contributed by atoms with E-state index < -0.39 is 18.1 Å². The molecule has 82 valence electrons. The van der Waals surface area contributed by atoms with Crippen LogP contribution in [0.3, 0.4) is 0 Å². The summed E-state index contributed by atoms with van der Waals surface area (Å²) in [5.74, 6) is -1.85. The third kappa shape index (κ3) is 2.87. The summed E-state index contributed by atoms with van der Waals surface area (Å²) < 4.78 is 35.5. The molecule has 1 saturated heterocycles. The van der Waals surface area contributed by atoms with E-state index in [4.69, 9.17) is 0 Å². The fraction of sp³-hybridized carbons (Fsp3) is 0.875. The molecule has 3 nitrogen and oxygen atoms in total. The van der Waals surface area contributed by atoms with Gasteiger partial charge in [0.05, 0.1) is 0 Å². The van der Waals surface area contributed by atoms with Crippen molar-refractivity contribution in [3.05, 3.63) is 0 Å². The number of carbonyl (C=O) groups is 1. The topological polar surface area (TPSA) is 41.1 Å². The second-order valence-corrected chi connectivity index (χ2v) is 3.42. The third-order valence-corrected chi connectivity index (χ3v) is 2.31. The van der Waals surface area contributed by atoms with E-state index in [-0.39, 0.29) is 6.04 Å². The minimum atomic E-state index is -4.77. The lowest BCUT2D eigenvalue weighted by molar-refractivity contribution is -0.174. The van der Waals surface area contributed by atoms with E-state index in [1.54, 1.807) is 0 Å². The van der Waals surface area contributed by atoms with Crippen LogP contribution in [0.1, 0.15) is 19.8 Å². The zero-order valence-electron chi connectivity index (χ0n) is 7.82. The standard InChI is InChI=1S/C8H13F3N2O/c1-2-5-3-6(4-12-5)13-7(14)8(9,10)11/h5-6,12H,2-4H2,1H3,(H,13,14)/t5?,6-/m0/s1. The first-order chi connectivity index (χ1) is 6.43. The van der Waals surface area contributed by atoms with Crippen LogP contribution in [0, 0.1) is 0 Å². The summed E-state index contributed by atoms with van der Waals surface area (Å²) in [5, 5.41) is 4.99. The highest BCUT2D eigenvalue weighted by atomic mass is 19.4. The zero-order valence-corrected chi connectivity index (χ0v) is 7.82. The van der Waals surface area contributed by atoms with Gasteiger partial charge in [0, 0.05) is 18.6 Å². The Bertz CT molecular complexity index is 217. The molecule has 1 unspecified atom stereocenters. The fourth-order valence-electron chi connectivity index (χ4n) is 1.51. The quantitative estimate of drug-likeness (QED) is 0.708. The molecule has 0 bridgehead atoms. The van der Waals surface area contributed by atoms with Gasteiger partial charge in [-0.15, -0.1) is 0 Å². The molecule has 0 aromatic rings. The van der Waals surface area contributed by atoms with Crippen molar-refractivity contribution in [2.24, 2.45) is 0 Å². The Kier molecular flexibility index (Phi) is 3.36. The fourth-order valence-corrected chi connectivity index (χ4v) is 1.51. The van der Waals surface area contributed by atoms with Gasteiger partial charge in [-0.1, -0.05) is 6.92 Å². The average Bonchev–Trinajstić information content (AvgIpc) is 2.50. The molecule has 0 aliphatic carbocycles. The Hall–Kier alpha value is -0.780. The first-order valence-corrected chi connectivity index (χ1v) is 4.54. The van der Waals surface area contributed by atoms with Crippen molar-refractivity contribution in [2.45, 2.75) is 38.0 Å². The molecule has 1 heterocycles. The number of hydrogen-bond acceptors (Lipinski definition) is 2. The van der Waals surface area contributed by atoms with Crippen molar-refractivity contribution < 1.29 is 18.0 Å². The molecule has 1 fully saturated rings. The van der Waals surface area contributed by atoms with Crippen molar-refractivity contribution in [2.75, 3.05) is 6.54 Å². The number of amides is 1. The number of carbonyl (C=O) groups excluding carboxylic acids is 1. The summed E-state index contributed by atoms with van der Waals surface area (Å²) in [5.41, 5.74) is 0.